The van der Waals surface area contributed by atoms with E-state index < -0.39 is 5.92 Å². The van der Waals surface area contributed by atoms with Crippen LogP contribution in [0, 0.1) is 0 Å². The van der Waals surface area contributed by atoms with E-state index in [9.17, 15) is 8.78 Å². The maximum atomic E-state index is 12.2. The second-order valence-electron chi connectivity index (χ2n) is 2.91. The van der Waals surface area contributed by atoms with Crippen molar-refractivity contribution in [3.05, 3.63) is 0 Å². The monoisotopic (exact) mass is 166 g/mol. The van der Waals surface area contributed by atoms with E-state index in [1.807, 2.05) is 13.8 Å². The van der Waals surface area contributed by atoms with Gasteiger partial charge in [-0.15, -0.1) is 0 Å². The van der Waals surface area contributed by atoms with Crippen molar-refractivity contribution in [1.82, 2.24) is 0 Å². The Labute approximate surface area is 66.7 Å². The summed E-state index contributed by atoms with van der Waals surface area (Å²) in [6.45, 7) is 4.91. The Kier molecular flexibility index (Phi) is 4.57. The van der Waals surface area contributed by atoms with E-state index >= 15 is 0 Å². The van der Waals surface area contributed by atoms with E-state index in [0.29, 0.717) is 0 Å². The van der Waals surface area contributed by atoms with Crippen molar-refractivity contribution in [1.29, 1.82) is 0 Å². The van der Waals surface area contributed by atoms with Crippen LogP contribution < -0.4 is 0 Å². The first kappa shape index (κ1) is 10.8. The minimum absolute atomic E-state index is 0.0948. The second kappa shape index (κ2) is 4.65. The first-order valence-corrected chi connectivity index (χ1v) is 3.95. The van der Waals surface area contributed by atoms with Crippen LogP contribution in [0.15, 0.2) is 0 Å². The Morgan fingerprint density at radius 3 is 2.36 bits per heavy atom. The molecule has 0 heterocycles. The lowest BCUT2D eigenvalue weighted by Gasteiger charge is -2.13. The molecule has 0 rings (SSSR count). The van der Waals surface area contributed by atoms with Gasteiger partial charge < -0.3 is 4.74 Å². The largest absolute Gasteiger partial charge is 0.378 e. The van der Waals surface area contributed by atoms with Gasteiger partial charge in [0.2, 0.25) is 5.92 Å². The van der Waals surface area contributed by atoms with Crippen LogP contribution in [0.2, 0.25) is 0 Å². The summed E-state index contributed by atoms with van der Waals surface area (Å²) in [7, 11) is 0. The fourth-order valence-electron chi connectivity index (χ4n) is 0.557. The highest BCUT2D eigenvalue weighted by Gasteiger charge is 2.20. The fourth-order valence-corrected chi connectivity index (χ4v) is 0.557. The molecule has 0 amide bonds. The number of ether oxygens (including phenoxy) is 1. The van der Waals surface area contributed by atoms with Crippen LogP contribution in [-0.4, -0.2) is 18.6 Å². The Hall–Kier alpha value is -0.180. The van der Waals surface area contributed by atoms with E-state index in [4.69, 9.17) is 4.74 Å². The zero-order valence-corrected chi connectivity index (χ0v) is 7.36. The lowest BCUT2D eigenvalue weighted by atomic mass is 10.3. The van der Waals surface area contributed by atoms with Gasteiger partial charge >= 0.3 is 0 Å². The highest BCUT2D eigenvalue weighted by atomic mass is 19.3. The van der Waals surface area contributed by atoms with Crippen molar-refractivity contribution in [3.63, 3.8) is 0 Å². The molecule has 0 aliphatic heterocycles. The van der Waals surface area contributed by atoms with Crippen molar-refractivity contribution in [2.45, 2.75) is 45.6 Å². The molecular formula is C8H16F2O. The number of rotatable bonds is 5. The molecule has 1 atom stereocenters. The van der Waals surface area contributed by atoms with Crippen molar-refractivity contribution >= 4 is 0 Å². The van der Waals surface area contributed by atoms with Gasteiger partial charge in [-0.3, -0.25) is 0 Å². The van der Waals surface area contributed by atoms with Gasteiger partial charge in [0.1, 0.15) is 0 Å². The molecule has 0 aromatic heterocycles. The maximum Gasteiger partial charge on any atom is 0.247 e. The predicted octanol–water partition coefficient (Wildman–Crippen LogP) is 2.85. The van der Waals surface area contributed by atoms with Gasteiger partial charge in [0.25, 0.3) is 0 Å². The van der Waals surface area contributed by atoms with Crippen molar-refractivity contribution in [2.75, 3.05) is 6.61 Å². The SMILES string of the molecule is CCC(C)OCCC(C)(F)F. The minimum atomic E-state index is -2.59. The van der Waals surface area contributed by atoms with Crippen molar-refractivity contribution < 1.29 is 13.5 Å². The molecule has 0 fully saturated rings. The Balaban J connectivity index is 3.28. The summed E-state index contributed by atoms with van der Waals surface area (Å²) in [5, 5.41) is 0. The third kappa shape index (κ3) is 7.72. The van der Waals surface area contributed by atoms with E-state index in [1.54, 1.807) is 0 Å². The van der Waals surface area contributed by atoms with Gasteiger partial charge in [-0.25, -0.2) is 8.78 Å². The smallest absolute Gasteiger partial charge is 0.247 e. The summed E-state index contributed by atoms with van der Waals surface area (Å²) in [6.07, 6.45) is 0.782. The molecule has 0 aromatic rings. The summed E-state index contributed by atoms with van der Waals surface area (Å²) < 4.78 is 29.5. The molecule has 3 heteroatoms. The predicted molar refractivity (Wildman–Crippen MR) is 40.9 cm³/mol. The number of hydrogen-bond donors (Lipinski definition) is 0. The van der Waals surface area contributed by atoms with Crippen LogP contribution in [0.4, 0.5) is 8.78 Å². The van der Waals surface area contributed by atoms with Crippen LogP contribution in [-0.2, 0) is 4.74 Å². The highest BCUT2D eigenvalue weighted by Crippen LogP contribution is 2.16. The first-order valence-electron chi connectivity index (χ1n) is 3.95. The maximum absolute atomic E-state index is 12.2. The van der Waals surface area contributed by atoms with Gasteiger partial charge in [-0.05, 0) is 20.3 Å². The number of alkyl halides is 2. The minimum Gasteiger partial charge on any atom is -0.378 e. The number of hydrogen-bond acceptors (Lipinski definition) is 1. The fraction of sp³-hybridized carbons (Fsp3) is 1.00. The first-order chi connectivity index (χ1) is 4.95. The zero-order chi connectivity index (χ0) is 8.91. The normalized spacial score (nSPS) is 15.0. The van der Waals surface area contributed by atoms with Crippen LogP contribution in [0.3, 0.4) is 0 Å². The van der Waals surface area contributed by atoms with Crippen molar-refractivity contribution in [3.8, 4) is 0 Å². The molecule has 1 nitrogen and oxygen atoms in total. The molecule has 0 aliphatic rings. The molecule has 0 radical (unpaired) electrons. The summed E-state index contributed by atoms with van der Waals surface area (Å²) in [5.74, 6) is -2.59. The zero-order valence-electron chi connectivity index (χ0n) is 7.36. The van der Waals surface area contributed by atoms with Crippen LogP contribution in [0.5, 0.6) is 0 Å². The topological polar surface area (TPSA) is 9.23 Å². The molecule has 11 heavy (non-hydrogen) atoms. The molecule has 0 saturated heterocycles. The standard InChI is InChI=1S/C8H16F2O/c1-4-7(2)11-6-5-8(3,9)10/h7H,4-6H2,1-3H3. The summed E-state index contributed by atoms with van der Waals surface area (Å²) in [5.41, 5.74) is 0. The Morgan fingerprint density at radius 2 is 2.00 bits per heavy atom. The van der Waals surface area contributed by atoms with Gasteiger partial charge in [0.15, 0.2) is 0 Å². The third-order valence-corrected chi connectivity index (χ3v) is 1.52. The van der Waals surface area contributed by atoms with E-state index in [2.05, 4.69) is 0 Å². The molecule has 68 valence electrons. The van der Waals surface area contributed by atoms with Gasteiger partial charge in [0, 0.05) is 6.42 Å². The van der Waals surface area contributed by atoms with Gasteiger partial charge in [-0.2, -0.15) is 0 Å². The Bertz CT molecular complexity index is 98.8. The second-order valence-corrected chi connectivity index (χ2v) is 2.91. The quantitative estimate of drug-likeness (QED) is 0.610. The van der Waals surface area contributed by atoms with Crippen LogP contribution in [0.1, 0.15) is 33.6 Å². The molecule has 0 aliphatic carbocycles. The molecular weight excluding hydrogens is 150 g/mol. The summed E-state index contributed by atoms with van der Waals surface area (Å²) >= 11 is 0. The molecule has 1 unspecified atom stereocenters. The lowest BCUT2D eigenvalue weighted by Crippen LogP contribution is -2.16. The molecule has 0 aromatic carbocycles. The van der Waals surface area contributed by atoms with Crippen LogP contribution >= 0.6 is 0 Å². The molecule has 0 bridgehead atoms. The van der Waals surface area contributed by atoms with Crippen molar-refractivity contribution in [2.24, 2.45) is 0 Å². The Morgan fingerprint density at radius 1 is 1.45 bits per heavy atom. The number of halogens is 2. The average molecular weight is 166 g/mol. The van der Waals surface area contributed by atoms with E-state index in [1.165, 1.54) is 0 Å². The summed E-state index contributed by atoms with van der Waals surface area (Å²) in [6, 6.07) is 0. The summed E-state index contributed by atoms with van der Waals surface area (Å²) in [4.78, 5) is 0. The van der Waals surface area contributed by atoms with E-state index in [-0.39, 0.29) is 19.1 Å². The molecule has 0 saturated carbocycles. The molecule has 0 N–H and O–H groups in total. The average Bonchev–Trinajstić information content (AvgIpc) is 1.85. The molecule has 0 spiro atoms. The highest BCUT2D eigenvalue weighted by molar-refractivity contribution is 4.57. The van der Waals surface area contributed by atoms with Gasteiger partial charge in [0.05, 0.1) is 12.7 Å². The lowest BCUT2D eigenvalue weighted by molar-refractivity contribution is -0.0309. The van der Waals surface area contributed by atoms with E-state index in [0.717, 1.165) is 13.3 Å². The van der Waals surface area contributed by atoms with Gasteiger partial charge in [-0.1, -0.05) is 6.92 Å². The van der Waals surface area contributed by atoms with Crippen LogP contribution in [0.25, 0.3) is 0 Å². The third-order valence-electron chi connectivity index (χ3n) is 1.52.